The van der Waals surface area contributed by atoms with Crippen LogP contribution in [0, 0.1) is 0 Å². The molecule has 3 aromatic rings. The Hall–Kier alpha value is -3.03. The number of likely N-dealkylation sites (N-methyl/N-ethyl adjacent to an activating group) is 1. The third-order valence-corrected chi connectivity index (χ3v) is 8.64. The zero-order valence-electron chi connectivity index (χ0n) is 18.6. The lowest BCUT2D eigenvalue weighted by atomic mass is 9.49. The highest BCUT2D eigenvalue weighted by Crippen LogP contribution is 2.68. The van der Waals surface area contributed by atoms with Crippen molar-refractivity contribution in [1.82, 2.24) is 9.88 Å². The van der Waals surface area contributed by atoms with Gasteiger partial charge in [-0.3, -0.25) is 0 Å². The molecule has 2 aliphatic carbocycles. The first kappa shape index (κ1) is 19.4. The normalized spacial score (nSPS) is 31.1. The monoisotopic (exact) mass is 446 g/mol. The topological polar surface area (TPSA) is 95.0 Å². The molecule has 4 unspecified atom stereocenters. The first-order valence-electron chi connectivity index (χ1n) is 11.6. The summed E-state index contributed by atoms with van der Waals surface area (Å²) in [6, 6.07) is 9.15. The number of aromatic hydroxyl groups is 1. The first-order valence-corrected chi connectivity index (χ1v) is 11.6. The van der Waals surface area contributed by atoms with E-state index < -0.39 is 17.1 Å². The Balaban J connectivity index is 1.50. The predicted molar refractivity (Wildman–Crippen MR) is 121 cm³/mol. The van der Waals surface area contributed by atoms with Gasteiger partial charge in [0.05, 0.1) is 28.9 Å². The van der Waals surface area contributed by atoms with Crippen LogP contribution in [0.3, 0.4) is 0 Å². The first-order chi connectivity index (χ1) is 15.9. The van der Waals surface area contributed by atoms with E-state index in [1.54, 1.807) is 19.1 Å². The number of likely N-dealkylation sites (tertiary alicyclic amines) is 1. The summed E-state index contributed by atoms with van der Waals surface area (Å²) < 4.78 is 11.7. The maximum atomic E-state index is 12.6. The number of hydrogen-bond donors (Lipinski definition) is 3. The van der Waals surface area contributed by atoms with E-state index in [0.717, 1.165) is 46.3 Å². The Bertz CT molecular complexity index is 1360. The number of fused-ring (bicyclic) bond motifs is 4. The maximum Gasteiger partial charge on any atom is 0.338 e. The molecule has 1 aromatic heterocycles. The Morgan fingerprint density at radius 3 is 3.00 bits per heavy atom. The second-order valence-electron chi connectivity index (χ2n) is 9.97. The van der Waals surface area contributed by atoms with Gasteiger partial charge in [-0.25, -0.2) is 4.79 Å². The summed E-state index contributed by atoms with van der Waals surface area (Å²) in [7, 11) is 2.08. The van der Waals surface area contributed by atoms with E-state index in [1.807, 2.05) is 18.2 Å². The number of esters is 1. The number of aromatic amines is 1. The number of carbonyl (C=O) groups excluding carboxylic acids is 1. The molecule has 1 spiro atoms. The van der Waals surface area contributed by atoms with Crippen LogP contribution in [0.25, 0.3) is 10.9 Å². The van der Waals surface area contributed by atoms with E-state index >= 15 is 0 Å². The molecule has 2 bridgehead atoms. The van der Waals surface area contributed by atoms with Crippen molar-refractivity contribution in [2.75, 3.05) is 20.2 Å². The van der Waals surface area contributed by atoms with Crippen molar-refractivity contribution >= 4 is 16.9 Å². The molecule has 7 heteroatoms. The van der Waals surface area contributed by atoms with Crippen LogP contribution in [0.15, 0.2) is 30.3 Å². The number of H-pyrrole nitrogens is 1. The smallest absolute Gasteiger partial charge is 0.338 e. The number of phenolic OH excluding ortho intramolecular Hbond substituents is 1. The molecule has 33 heavy (non-hydrogen) atoms. The van der Waals surface area contributed by atoms with Gasteiger partial charge >= 0.3 is 5.97 Å². The van der Waals surface area contributed by atoms with Crippen molar-refractivity contribution in [3.05, 3.63) is 58.3 Å². The fourth-order valence-corrected chi connectivity index (χ4v) is 7.23. The minimum absolute atomic E-state index is 0.0633. The molecule has 1 saturated heterocycles. The molecule has 0 radical (unpaired) electrons. The van der Waals surface area contributed by atoms with Crippen LogP contribution in [-0.4, -0.2) is 57.9 Å². The number of nitrogens with one attached hydrogen (secondary N) is 1. The van der Waals surface area contributed by atoms with E-state index in [1.165, 1.54) is 0 Å². The summed E-state index contributed by atoms with van der Waals surface area (Å²) in [5.41, 5.74) is 3.76. The van der Waals surface area contributed by atoms with Crippen LogP contribution in [0.1, 0.15) is 52.2 Å². The van der Waals surface area contributed by atoms with Crippen LogP contribution < -0.4 is 4.74 Å². The van der Waals surface area contributed by atoms with Crippen LogP contribution >= 0.6 is 0 Å². The molecule has 0 amide bonds. The van der Waals surface area contributed by atoms with E-state index in [-0.39, 0.29) is 17.8 Å². The number of rotatable bonds is 2. The fraction of sp³-hybridized carbons (Fsp3) is 0.423. The Labute approximate surface area is 190 Å². The van der Waals surface area contributed by atoms with Crippen molar-refractivity contribution in [1.29, 1.82) is 0 Å². The van der Waals surface area contributed by atoms with Gasteiger partial charge in [0.25, 0.3) is 0 Å². The second-order valence-corrected chi connectivity index (χ2v) is 9.97. The minimum atomic E-state index is -1.06. The average molecular weight is 447 g/mol. The van der Waals surface area contributed by atoms with Gasteiger partial charge < -0.3 is 29.6 Å². The maximum absolute atomic E-state index is 12.6. The number of carbonyl (C=O) groups is 1. The van der Waals surface area contributed by atoms with Crippen LogP contribution in [0.5, 0.6) is 11.5 Å². The molecule has 0 saturated carbocycles. The molecule has 4 atom stereocenters. The van der Waals surface area contributed by atoms with E-state index in [9.17, 15) is 15.0 Å². The summed E-state index contributed by atoms with van der Waals surface area (Å²) in [6.07, 6.45) is 1.48. The lowest BCUT2D eigenvalue weighted by molar-refractivity contribution is -0.167. The van der Waals surface area contributed by atoms with Gasteiger partial charge in [0.2, 0.25) is 0 Å². The summed E-state index contributed by atoms with van der Waals surface area (Å²) >= 11 is 0. The highest BCUT2D eigenvalue weighted by molar-refractivity contribution is 5.96. The molecular weight excluding hydrogens is 420 g/mol. The number of aliphatic hydroxyl groups is 1. The van der Waals surface area contributed by atoms with Gasteiger partial charge in [-0.2, -0.15) is 0 Å². The van der Waals surface area contributed by atoms with Crippen molar-refractivity contribution in [2.45, 2.75) is 49.3 Å². The number of hydrogen-bond acceptors (Lipinski definition) is 6. The Morgan fingerprint density at radius 2 is 2.18 bits per heavy atom. The zero-order chi connectivity index (χ0) is 22.7. The van der Waals surface area contributed by atoms with Gasteiger partial charge in [0.1, 0.15) is 0 Å². The third-order valence-electron chi connectivity index (χ3n) is 8.64. The van der Waals surface area contributed by atoms with E-state index in [4.69, 9.17) is 9.47 Å². The highest BCUT2D eigenvalue weighted by Gasteiger charge is 2.72. The van der Waals surface area contributed by atoms with Gasteiger partial charge in [0.15, 0.2) is 17.6 Å². The number of aromatic nitrogens is 1. The van der Waals surface area contributed by atoms with E-state index in [2.05, 4.69) is 16.9 Å². The number of benzene rings is 2. The molecule has 3 N–H and O–H groups in total. The Kier molecular flexibility index (Phi) is 3.59. The number of ether oxygens (including phenoxy) is 2. The lowest BCUT2D eigenvalue weighted by Gasteiger charge is -2.62. The largest absolute Gasteiger partial charge is 0.504 e. The van der Waals surface area contributed by atoms with Crippen molar-refractivity contribution in [3.8, 4) is 11.5 Å². The summed E-state index contributed by atoms with van der Waals surface area (Å²) in [4.78, 5) is 18.2. The lowest BCUT2D eigenvalue weighted by Crippen LogP contribution is -2.73. The van der Waals surface area contributed by atoms with Gasteiger partial charge in [-0.1, -0.05) is 6.07 Å². The molecule has 2 aromatic carbocycles. The summed E-state index contributed by atoms with van der Waals surface area (Å²) in [6.45, 7) is 2.96. The molecule has 4 aliphatic rings. The molecule has 7 rings (SSSR count). The summed E-state index contributed by atoms with van der Waals surface area (Å²) in [5.74, 6) is 0.283. The quantitative estimate of drug-likeness (QED) is 0.524. The van der Waals surface area contributed by atoms with Crippen LogP contribution in [0.2, 0.25) is 0 Å². The third kappa shape index (κ3) is 2.11. The number of piperidine rings is 1. The Morgan fingerprint density at radius 1 is 1.33 bits per heavy atom. The molecule has 170 valence electrons. The van der Waals surface area contributed by atoms with Crippen molar-refractivity contribution < 1.29 is 24.5 Å². The zero-order valence-corrected chi connectivity index (χ0v) is 18.6. The molecule has 3 heterocycles. The van der Waals surface area contributed by atoms with Gasteiger partial charge in [-0.15, -0.1) is 0 Å². The number of phenols is 1. The molecule has 7 nitrogen and oxygen atoms in total. The van der Waals surface area contributed by atoms with Crippen molar-refractivity contribution in [2.24, 2.45) is 0 Å². The van der Waals surface area contributed by atoms with Gasteiger partial charge in [0, 0.05) is 28.9 Å². The van der Waals surface area contributed by atoms with Crippen LogP contribution in [0.4, 0.5) is 0 Å². The van der Waals surface area contributed by atoms with E-state index in [0.29, 0.717) is 30.8 Å². The highest BCUT2D eigenvalue weighted by atomic mass is 16.5. The molecular formula is C26H26N2O5. The molecule has 2 aliphatic heterocycles. The SMILES string of the molecule is CCOC(=O)c1ccc2[nH]c3c(c2c1)CC1(O)C2Cc4ccc(O)c5c4C1(CCN2C)C3O5. The fourth-order valence-electron chi connectivity index (χ4n) is 7.23. The second kappa shape index (κ2) is 6.10. The van der Waals surface area contributed by atoms with Crippen molar-refractivity contribution in [3.63, 3.8) is 0 Å². The summed E-state index contributed by atoms with van der Waals surface area (Å²) in [5, 5.41) is 24.2. The standard InChI is InChI=1S/C26H26N2O5/c1-3-32-24(30)14-4-6-17-15(10-14)16-12-26(31)19-11-13-5-7-18(29)22-20(13)25(26,8-9-28(19)2)23(33-22)21(16)27-17/h4-7,10,19,23,27,29,31H,3,8-9,11-12H2,1-2H3. The van der Waals surface area contributed by atoms with Gasteiger partial charge in [-0.05, 0) is 68.8 Å². The predicted octanol–water partition coefficient (Wildman–Crippen LogP) is 2.97. The molecule has 1 fully saturated rings. The van der Waals surface area contributed by atoms with Crippen LogP contribution in [-0.2, 0) is 23.0 Å². The number of nitrogens with zero attached hydrogens (tertiary/aromatic N) is 1. The minimum Gasteiger partial charge on any atom is -0.504 e. The average Bonchev–Trinajstić information content (AvgIpc) is 3.33.